The Hall–Kier alpha value is -3.59. The molecule has 2 N–H and O–H groups in total. The molecule has 162 valence electrons. The van der Waals surface area contributed by atoms with E-state index in [4.69, 9.17) is 4.74 Å². The van der Waals surface area contributed by atoms with Gasteiger partial charge >= 0.3 is 5.97 Å². The lowest BCUT2D eigenvalue weighted by atomic mass is 9.87. The van der Waals surface area contributed by atoms with Crippen LogP contribution in [0.1, 0.15) is 56.5 Å². The second kappa shape index (κ2) is 11.0. The van der Waals surface area contributed by atoms with Crippen LogP contribution in [0.3, 0.4) is 0 Å². The summed E-state index contributed by atoms with van der Waals surface area (Å²) in [6, 6.07) is 16.2. The predicted molar refractivity (Wildman–Crippen MR) is 123 cm³/mol. The van der Waals surface area contributed by atoms with Gasteiger partial charge in [-0.3, -0.25) is 4.79 Å². The molecule has 2 aromatic rings. The van der Waals surface area contributed by atoms with Gasteiger partial charge < -0.3 is 15.4 Å². The molecular formula is C25H29N3O3. The molecule has 0 atom stereocenters. The van der Waals surface area contributed by atoms with Crippen LogP contribution >= 0.6 is 0 Å². The van der Waals surface area contributed by atoms with E-state index in [1.54, 1.807) is 24.3 Å². The average Bonchev–Trinajstić information content (AvgIpc) is 2.74. The van der Waals surface area contributed by atoms with Crippen molar-refractivity contribution in [2.75, 3.05) is 17.2 Å². The number of unbranched alkanes of at least 4 members (excludes halogenated alkanes) is 1. The molecular weight excluding hydrogens is 390 g/mol. The molecule has 2 aromatic carbocycles. The van der Waals surface area contributed by atoms with Crippen molar-refractivity contribution in [2.24, 2.45) is 0 Å². The quantitative estimate of drug-likeness (QED) is 0.259. The van der Waals surface area contributed by atoms with Gasteiger partial charge in [-0.15, -0.1) is 0 Å². The van der Waals surface area contributed by atoms with Crippen molar-refractivity contribution in [1.82, 2.24) is 0 Å². The lowest BCUT2D eigenvalue weighted by molar-refractivity contribution is -0.112. The van der Waals surface area contributed by atoms with Crippen molar-refractivity contribution in [2.45, 2.75) is 46.0 Å². The number of nitrogens with one attached hydrogen (secondary N) is 2. The smallest absolute Gasteiger partial charge is 0.340 e. The summed E-state index contributed by atoms with van der Waals surface area (Å²) in [4.78, 5) is 24.9. The van der Waals surface area contributed by atoms with E-state index in [0.29, 0.717) is 12.3 Å². The molecule has 0 heterocycles. The number of nitrogens with zero attached hydrogens (tertiary/aromatic N) is 1. The van der Waals surface area contributed by atoms with Gasteiger partial charge in [0.25, 0.3) is 5.91 Å². The molecule has 0 aliphatic carbocycles. The molecule has 0 bridgehead atoms. The first kappa shape index (κ1) is 23.7. The van der Waals surface area contributed by atoms with E-state index in [9.17, 15) is 14.9 Å². The Labute approximate surface area is 183 Å². The zero-order valence-electron chi connectivity index (χ0n) is 18.5. The number of rotatable bonds is 8. The maximum atomic E-state index is 12.6. The van der Waals surface area contributed by atoms with Crippen LogP contribution in [0, 0.1) is 11.3 Å². The number of ether oxygens (including phenoxy) is 1. The fourth-order valence-electron chi connectivity index (χ4n) is 2.72. The Morgan fingerprint density at radius 2 is 1.77 bits per heavy atom. The molecule has 0 saturated carbocycles. The molecule has 0 saturated heterocycles. The maximum Gasteiger partial charge on any atom is 0.340 e. The minimum absolute atomic E-state index is 0.0388. The number of hydrogen-bond donors (Lipinski definition) is 2. The highest BCUT2D eigenvalue weighted by Crippen LogP contribution is 2.23. The van der Waals surface area contributed by atoms with Crippen molar-refractivity contribution >= 4 is 23.3 Å². The van der Waals surface area contributed by atoms with Crippen LogP contribution < -0.4 is 10.6 Å². The Morgan fingerprint density at radius 3 is 2.39 bits per heavy atom. The number of carbonyl (C=O) groups is 2. The largest absolute Gasteiger partial charge is 0.462 e. The summed E-state index contributed by atoms with van der Waals surface area (Å²) in [6.45, 7) is 8.71. The molecule has 6 nitrogen and oxygen atoms in total. The van der Waals surface area contributed by atoms with Crippen LogP contribution in [0.2, 0.25) is 0 Å². The Bertz CT molecular complexity index is 980. The summed E-state index contributed by atoms with van der Waals surface area (Å²) in [7, 11) is 0. The Balaban J connectivity index is 2.10. The standard InChI is InChI=1S/C25H29N3O3/c1-5-6-15-31-24(30)21-9-7-8-10-22(21)28-23(29)18(16-26)17-27-20-13-11-19(12-14-20)25(2,3)4/h7-14,17,27H,5-6,15H2,1-4H3,(H,28,29)/b18-17-. The molecule has 0 aliphatic heterocycles. The topological polar surface area (TPSA) is 91.2 Å². The second-order valence-electron chi connectivity index (χ2n) is 8.13. The van der Waals surface area contributed by atoms with E-state index in [0.717, 1.165) is 18.5 Å². The third-order valence-electron chi connectivity index (χ3n) is 4.63. The summed E-state index contributed by atoms with van der Waals surface area (Å²) in [6.07, 6.45) is 3.03. The van der Waals surface area contributed by atoms with Gasteiger partial charge in [0.05, 0.1) is 17.9 Å². The summed E-state index contributed by atoms with van der Waals surface area (Å²) in [5.41, 5.74) is 2.40. The monoisotopic (exact) mass is 419 g/mol. The SMILES string of the molecule is CCCCOC(=O)c1ccccc1NC(=O)/C(C#N)=C\Nc1ccc(C(C)(C)C)cc1. The number of benzene rings is 2. The minimum Gasteiger partial charge on any atom is -0.462 e. The van der Waals surface area contributed by atoms with E-state index in [1.165, 1.54) is 11.8 Å². The number of anilines is 2. The van der Waals surface area contributed by atoms with E-state index < -0.39 is 11.9 Å². The molecule has 0 fully saturated rings. The van der Waals surface area contributed by atoms with E-state index >= 15 is 0 Å². The number of hydrogen-bond acceptors (Lipinski definition) is 5. The molecule has 2 rings (SSSR count). The van der Waals surface area contributed by atoms with E-state index in [-0.39, 0.29) is 16.6 Å². The highest BCUT2D eigenvalue weighted by molar-refractivity contribution is 6.09. The van der Waals surface area contributed by atoms with Gasteiger partial charge in [0, 0.05) is 11.9 Å². The van der Waals surface area contributed by atoms with Gasteiger partial charge in [-0.1, -0.05) is 58.4 Å². The Kier molecular flexibility index (Phi) is 8.39. The number of amides is 1. The van der Waals surface area contributed by atoms with Crippen molar-refractivity contribution in [3.05, 3.63) is 71.4 Å². The third-order valence-corrected chi connectivity index (χ3v) is 4.63. The first-order chi connectivity index (χ1) is 14.8. The number of esters is 1. The summed E-state index contributed by atoms with van der Waals surface area (Å²) < 4.78 is 5.23. The van der Waals surface area contributed by atoms with E-state index in [2.05, 4.69) is 31.4 Å². The van der Waals surface area contributed by atoms with Gasteiger partial charge in [0.15, 0.2) is 0 Å². The summed E-state index contributed by atoms with van der Waals surface area (Å²) >= 11 is 0. The second-order valence-corrected chi connectivity index (χ2v) is 8.13. The lowest BCUT2D eigenvalue weighted by Gasteiger charge is -2.19. The van der Waals surface area contributed by atoms with Gasteiger partial charge in [0.2, 0.25) is 0 Å². The number of nitriles is 1. The van der Waals surface area contributed by atoms with Gasteiger partial charge in [-0.2, -0.15) is 5.26 Å². The van der Waals surface area contributed by atoms with Crippen LogP contribution in [0.15, 0.2) is 60.3 Å². The normalized spacial score (nSPS) is 11.4. The predicted octanol–water partition coefficient (Wildman–Crippen LogP) is 5.40. The van der Waals surface area contributed by atoms with Crippen LogP contribution in [0.5, 0.6) is 0 Å². The molecule has 6 heteroatoms. The van der Waals surface area contributed by atoms with E-state index in [1.807, 2.05) is 37.3 Å². The summed E-state index contributed by atoms with van der Waals surface area (Å²) in [5, 5.41) is 15.0. The van der Waals surface area contributed by atoms with Crippen LogP contribution in [-0.4, -0.2) is 18.5 Å². The molecule has 0 spiro atoms. The lowest BCUT2D eigenvalue weighted by Crippen LogP contribution is -2.18. The minimum atomic E-state index is -0.616. The average molecular weight is 420 g/mol. The molecule has 0 aliphatic rings. The fourth-order valence-corrected chi connectivity index (χ4v) is 2.72. The number of para-hydroxylation sites is 1. The molecule has 0 unspecified atom stereocenters. The van der Waals surface area contributed by atoms with Crippen LogP contribution in [-0.2, 0) is 14.9 Å². The Morgan fingerprint density at radius 1 is 1.10 bits per heavy atom. The highest BCUT2D eigenvalue weighted by atomic mass is 16.5. The summed E-state index contributed by atoms with van der Waals surface area (Å²) in [5.74, 6) is -1.13. The first-order valence-corrected chi connectivity index (χ1v) is 10.3. The molecule has 0 aromatic heterocycles. The fraction of sp³-hybridized carbons (Fsp3) is 0.320. The maximum absolute atomic E-state index is 12.6. The third kappa shape index (κ3) is 7.00. The molecule has 0 radical (unpaired) electrons. The van der Waals surface area contributed by atoms with Crippen molar-refractivity contribution in [3.63, 3.8) is 0 Å². The zero-order valence-corrected chi connectivity index (χ0v) is 18.5. The van der Waals surface area contributed by atoms with Crippen LogP contribution in [0.4, 0.5) is 11.4 Å². The van der Waals surface area contributed by atoms with Gasteiger partial charge in [-0.05, 0) is 41.7 Å². The highest BCUT2D eigenvalue weighted by Gasteiger charge is 2.17. The van der Waals surface area contributed by atoms with Crippen LogP contribution in [0.25, 0.3) is 0 Å². The van der Waals surface area contributed by atoms with Gasteiger partial charge in [-0.25, -0.2) is 4.79 Å². The number of carbonyl (C=O) groups excluding carboxylic acids is 2. The van der Waals surface area contributed by atoms with Crippen molar-refractivity contribution in [3.8, 4) is 6.07 Å². The van der Waals surface area contributed by atoms with Crippen molar-refractivity contribution < 1.29 is 14.3 Å². The van der Waals surface area contributed by atoms with Gasteiger partial charge in [0.1, 0.15) is 11.6 Å². The first-order valence-electron chi connectivity index (χ1n) is 10.3. The molecule has 1 amide bonds. The zero-order chi connectivity index (χ0) is 22.9. The molecule has 31 heavy (non-hydrogen) atoms. The van der Waals surface area contributed by atoms with Crippen molar-refractivity contribution in [1.29, 1.82) is 5.26 Å².